The number of aliphatic hydroxyl groups excluding tert-OH is 1. The number of carbonyl (C=O) groups excluding carboxylic acids is 1. The second kappa shape index (κ2) is 5.40. The molecule has 0 radical (unpaired) electrons. The third-order valence-corrected chi connectivity index (χ3v) is 4.62. The van der Waals surface area contributed by atoms with Gasteiger partial charge in [-0.05, 0) is 24.5 Å². The van der Waals surface area contributed by atoms with E-state index in [1.54, 1.807) is 11.8 Å². The van der Waals surface area contributed by atoms with Crippen molar-refractivity contribution in [1.82, 2.24) is 9.80 Å². The maximum atomic E-state index is 12.4. The minimum absolute atomic E-state index is 0.0253. The van der Waals surface area contributed by atoms with Gasteiger partial charge in [-0.15, -0.1) is 0 Å². The van der Waals surface area contributed by atoms with Crippen molar-refractivity contribution in [1.29, 1.82) is 0 Å². The minimum atomic E-state index is -1.08. The molecule has 0 spiro atoms. The number of hydrogen-bond donors (Lipinski definition) is 2. The van der Waals surface area contributed by atoms with Gasteiger partial charge in [-0.3, -0.25) is 9.69 Å². The van der Waals surface area contributed by atoms with E-state index < -0.39 is 11.7 Å². The molecule has 2 heterocycles. The van der Waals surface area contributed by atoms with Gasteiger partial charge in [0, 0.05) is 26.2 Å². The van der Waals surface area contributed by atoms with Crippen molar-refractivity contribution in [3.63, 3.8) is 0 Å². The summed E-state index contributed by atoms with van der Waals surface area (Å²) in [4.78, 5) is 16.1. The van der Waals surface area contributed by atoms with Crippen LogP contribution >= 0.6 is 0 Å². The number of β-amino-alcohol motifs (C(OH)–C–C–N with tert-alkyl or cyclic N) is 1. The summed E-state index contributed by atoms with van der Waals surface area (Å²) in [5.41, 5.74) is 1.49. The third-order valence-electron chi connectivity index (χ3n) is 4.62. The van der Waals surface area contributed by atoms with Gasteiger partial charge in [0.15, 0.2) is 0 Å². The highest BCUT2D eigenvalue weighted by Gasteiger charge is 2.38. The number of piperidine rings is 1. The predicted octanol–water partition coefficient (Wildman–Crippen LogP) is 0.346. The minimum Gasteiger partial charge on any atom is -0.388 e. The first kappa shape index (κ1) is 14.5. The van der Waals surface area contributed by atoms with E-state index in [9.17, 15) is 15.0 Å². The van der Waals surface area contributed by atoms with Crippen molar-refractivity contribution in [2.45, 2.75) is 38.1 Å². The quantitative estimate of drug-likeness (QED) is 0.825. The van der Waals surface area contributed by atoms with Gasteiger partial charge in [-0.2, -0.15) is 0 Å². The fraction of sp³-hybridized carbons (Fsp3) is 0.562. The summed E-state index contributed by atoms with van der Waals surface area (Å²) < 4.78 is 0. The number of hydrogen-bond acceptors (Lipinski definition) is 4. The molecule has 5 heteroatoms. The molecule has 1 fully saturated rings. The highest BCUT2D eigenvalue weighted by Crippen LogP contribution is 2.24. The second-order valence-electron chi connectivity index (χ2n) is 6.38. The van der Waals surface area contributed by atoms with Crippen LogP contribution in [0.5, 0.6) is 0 Å². The molecule has 1 saturated heterocycles. The van der Waals surface area contributed by atoms with Crippen LogP contribution in [0.2, 0.25) is 0 Å². The van der Waals surface area contributed by atoms with Gasteiger partial charge in [0.1, 0.15) is 0 Å². The van der Waals surface area contributed by atoms with Crippen LogP contribution in [0.15, 0.2) is 24.3 Å². The van der Waals surface area contributed by atoms with Gasteiger partial charge in [0.05, 0.1) is 18.2 Å². The number of benzene rings is 1. The lowest BCUT2D eigenvalue weighted by Gasteiger charge is -2.40. The van der Waals surface area contributed by atoms with E-state index in [0.717, 1.165) is 13.1 Å². The van der Waals surface area contributed by atoms with E-state index in [0.29, 0.717) is 19.5 Å². The van der Waals surface area contributed by atoms with E-state index >= 15 is 0 Å². The van der Waals surface area contributed by atoms with E-state index in [1.807, 2.05) is 12.1 Å². The Kier molecular flexibility index (Phi) is 3.73. The number of nitrogens with zero attached hydrogens (tertiary/aromatic N) is 2. The number of likely N-dealkylation sites (tertiary alicyclic amines) is 1. The zero-order valence-electron chi connectivity index (χ0n) is 12.3. The lowest BCUT2D eigenvalue weighted by atomic mass is 9.91. The maximum absolute atomic E-state index is 12.4. The zero-order chi connectivity index (χ0) is 15.0. The molecule has 1 amide bonds. The second-order valence-corrected chi connectivity index (χ2v) is 6.38. The smallest absolute Gasteiger partial charge is 0.236 e. The fourth-order valence-electron chi connectivity index (χ4n) is 3.06. The molecule has 5 nitrogen and oxygen atoms in total. The summed E-state index contributed by atoms with van der Waals surface area (Å²) >= 11 is 0. The van der Waals surface area contributed by atoms with E-state index in [4.69, 9.17) is 0 Å². The Morgan fingerprint density at radius 2 is 1.95 bits per heavy atom. The van der Waals surface area contributed by atoms with Crippen molar-refractivity contribution in [3.05, 3.63) is 35.4 Å². The predicted molar refractivity (Wildman–Crippen MR) is 78.4 cm³/mol. The molecule has 3 rings (SSSR count). The molecule has 1 aromatic carbocycles. The Morgan fingerprint density at radius 1 is 1.33 bits per heavy atom. The number of carbonyl (C=O) groups is 1. The van der Waals surface area contributed by atoms with Gasteiger partial charge in [-0.25, -0.2) is 0 Å². The largest absolute Gasteiger partial charge is 0.388 e. The molecule has 114 valence electrons. The molecular formula is C16H22N2O3. The topological polar surface area (TPSA) is 64.0 Å². The summed E-state index contributed by atoms with van der Waals surface area (Å²) in [6.45, 7) is 4.31. The number of aliphatic hydroxyl groups is 2. The lowest BCUT2D eigenvalue weighted by Crippen LogP contribution is -2.56. The first-order valence-corrected chi connectivity index (χ1v) is 7.43. The first-order valence-electron chi connectivity index (χ1n) is 7.43. The molecule has 2 atom stereocenters. The Balaban J connectivity index is 1.57. The Morgan fingerprint density at radius 3 is 2.52 bits per heavy atom. The van der Waals surface area contributed by atoms with Crippen molar-refractivity contribution >= 4 is 5.91 Å². The van der Waals surface area contributed by atoms with Gasteiger partial charge in [0.25, 0.3) is 0 Å². The van der Waals surface area contributed by atoms with Crippen molar-refractivity contribution < 1.29 is 15.0 Å². The summed E-state index contributed by atoms with van der Waals surface area (Å²) in [6.07, 6.45) is -0.453. The van der Waals surface area contributed by atoms with Gasteiger partial charge in [-0.1, -0.05) is 24.3 Å². The van der Waals surface area contributed by atoms with E-state index in [-0.39, 0.29) is 12.5 Å². The molecule has 1 aromatic rings. The van der Waals surface area contributed by atoms with Crippen molar-refractivity contribution in [2.75, 3.05) is 19.6 Å². The molecule has 0 aromatic heterocycles. The highest BCUT2D eigenvalue weighted by molar-refractivity contribution is 5.78. The molecule has 0 saturated carbocycles. The fourth-order valence-corrected chi connectivity index (χ4v) is 3.06. The average molecular weight is 290 g/mol. The molecular weight excluding hydrogens is 268 g/mol. The molecule has 0 aliphatic carbocycles. The zero-order valence-corrected chi connectivity index (χ0v) is 12.3. The maximum Gasteiger partial charge on any atom is 0.236 e. The van der Waals surface area contributed by atoms with Crippen LogP contribution in [0, 0.1) is 0 Å². The SMILES string of the molecule is C[C@]1(O)CCN(C(=O)CN2Cc3ccccc3C2)C[C@@H]1O. The monoisotopic (exact) mass is 290 g/mol. The van der Waals surface area contributed by atoms with Gasteiger partial charge >= 0.3 is 0 Å². The van der Waals surface area contributed by atoms with E-state index in [1.165, 1.54) is 11.1 Å². The van der Waals surface area contributed by atoms with Crippen LogP contribution in [0.1, 0.15) is 24.5 Å². The van der Waals surface area contributed by atoms with Crippen LogP contribution in [0.4, 0.5) is 0 Å². The number of rotatable bonds is 2. The summed E-state index contributed by atoms with van der Waals surface area (Å²) in [5.74, 6) is 0.0253. The molecule has 0 unspecified atom stereocenters. The highest BCUT2D eigenvalue weighted by atomic mass is 16.3. The van der Waals surface area contributed by atoms with Gasteiger partial charge < -0.3 is 15.1 Å². The third kappa shape index (κ3) is 2.95. The summed E-state index contributed by atoms with van der Waals surface area (Å²) in [6, 6.07) is 8.24. The molecule has 2 aliphatic rings. The standard InChI is InChI=1S/C16H22N2O3/c1-16(21)6-7-18(10-14(16)19)15(20)11-17-8-12-4-2-3-5-13(12)9-17/h2-5,14,19,21H,6-11H2,1H3/t14-,16-/m0/s1. The van der Waals surface area contributed by atoms with Crippen LogP contribution in [0.25, 0.3) is 0 Å². The summed E-state index contributed by atoms with van der Waals surface area (Å²) in [7, 11) is 0. The van der Waals surface area contributed by atoms with Crippen LogP contribution in [-0.2, 0) is 17.9 Å². The Hall–Kier alpha value is -1.43. The van der Waals surface area contributed by atoms with Crippen molar-refractivity contribution in [3.8, 4) is 0 Å². The average Bonchev–Trinajstić information content (AvgIpc) is 2.83. The Bertz CT molecular complexity index is 519. The summed E-state index contributed by atoms with van der Waals surface area (Å²) in [5, 5.41) is 19.8. The lowest BCUT2D eigenvalue weighted by molar-refractivity contribution is -0.147. The van der Waals surface area contributed by atoms with Crippen LogP contribution in [-0.4, -0.2) is 57.3 Å². The normalized spacial score (nSPS) is 29.5. The molecule has 2 N–H and O–H groups in total. The Labute approximate surface area is 124 Å². The van der Waals surface area contributed by atoms with E-state index in [2.05, 4.69) is 17.0 Å². The number of amides is 1. The van der Waals surface area contributed by atoms with Crippen molar-refractivity contribution in [2.24, 2.45) is 0 Å². The van der Waals surface area contributed by atoms with Crippen LogP contribution < -0.4 is 0 Å². The van der Waals surface area contributed by atoms with Crippen LogP contribution in [0.3, 0.4) is 0 Å². The molecule has 2 aliphatic heterocycles. The molecule has 21 heavy (non-hydrogen) atoms. The van der Waals surface area contributed by atoms with Gasteiger partial charge in [0.2, 0.25) is 5.91 Å². The first-order chi connectivity index (χ1) is 9.95. The number of fused-ring (bicyclic) bond motifs is 1. The molecule has 0 bridgehead atoms.